The Labute approximate surface area is 250 Å². The molecule has 5 nitrogen and oxygen atoms in total. The molecule has 0 unspecified atom stereocenters. The van der Waals surface area contributed by atoms with Gasteiger partial charge in [0, 0.05) is 5.92 Å². The van der Waals surface area contributed by atoms with Crippen molar-refractivity contribution in [3.8, 4) is 11.5 Å². The maximum absolute atomic E-state index is 6.76. The van der Waals surface area contributed by atoms with E-state index in [9.17, 15) is 0 Å². The monoisotopic (exact) mass is 564 g/mol. The molecule has 0 aliphatic heterocycles. The van der Waals surface area contributed by atoms with Crippen molar-refractivity contribution >= 4 is 0 Å². The molecule has 0 N–H and O–H groups in total. The summed E-state index contributed by atoms with van der Waals surface area (Å²) in [5.41, 5.74) is 4.13. The van der Waals surface area contributed by atoms with Gasteiger partial charge in [0.05, 0.1) is 40.1 Å². The van der Waals surface area contributed by atoms with Gasteiger partial charge in [0.2, 0.25) is 0 Å². The highest BCUT2D eigenvalue weighted by atomic mass is 16.6. The van der Waals surface area contributed by atoms with E-state index in [4.69, 9.17) is 23.7 Å². The molecule has 5 heteroatoms. The van der Waals surface area contributed by atoms with Crippen molar-refractivity contribution < 1.29 is 23.7 Å². The van der Waals surface area contributed by atoms with Crippen LogP contribution in [0.5, 0.6) is 11.5 Å². The minimum absolute atomic E-state index is 0.267. The van der Waals surface area contributed by atoms with Gasteiger partial charge in [-0.15, -0.1) is 13.2 Å². The smallest absolute Gasteiger partial charge is 0.161 e. The van der Waals surface area contributed by atoms with Crippen molar-refractivity contribution in [2.75, 3.05) is 14.2 Å². The number of benzene rings is 4. The van der Waals surface area contributed by atoms with E-state index < -0.39 is 18.3 Å². The highest BCUT2D eigenvalue weighted by Crippen LogP contribution is 2.36. The average Bonchev–Trinajstić information content (AvgIpc) is 3.06. The van der Waals surface area contributed by atoms with E-state index in [2.05, 4.69) is 13.2 Å². The van der Waals surface area contributed by atoms with E-state index in [1.165, 1.54) is 0 Å². The number of hydrogen-bond acceptors (Lipinski definition) is 5. The maximum Gasteiger partial charge on any atom is 0.161 e. The molecule has 0 spiro atoms. The van der Waals surface area contributed by atoms with Crippen LogP contribution in [0.1, 0.15) is 28.2 Å². The lowest BCUT2D eigenvalue weighted by molar-refractivity contribution is -0.142. The van der Waals surface area contributed by atoms with Crippen LogP contribution in [0.2, 0.25) is 0 Å². The molecular formula is C37H40O5. The van der Waals surface area contributed by atoms with Gasteiger partial charge < -0.3 is 23.7 Å². The van der Waals surface area contributed by atoms with Crippen LogP contribution in [-0.4, -0.2) is 32.5 Å². The van der Waals surface area contributed by atoms with Crippen LogP contribution in [-0.2, 0) is 34.0 Å². The van der Waals surface area contributed by atoms with Gasteiger partial charge in [-0.05, 0) is 34.4 Å². The molecule has 0 saturated carbocycles. The van der Waals surface area contributed by atoms with Crippen molar-refractivity contribution in [1.29, 1.82) is 0 Å². The number of hydrogen-bond donors (Lipinski definition) is 0. The predicted molar refractivity (Wildman–Crippen MR) is 168 cm³/mol. The Balaban J connectivity index is 1.72. The van der Waals surface area contributed by atoms with Gasteiger partial charge in [-0.3, -0.25) is 0 Å². The van der Waals surface area contributed by atoms with Crippen LogP contribution >= 0.6 is 0 Å². The molecule has 0 fully saturated rings. The molecule has 4 rings (SSSR count). The highest BCUT2D eigenvalue weighted by Gasteiger charge is 2.36. The van der Waals surface area contributed by atoms with Crippen LogP contribution in [0.25, 0.3) is 0 Å². The molecule has 4 aromatic carbocycles. The Kier molecular flexibility index (Phi) is 12.0. The van der Waals surface area contributed by atoms with Crippen LogP contribution in [0, 0.1) is 0 Å². The third-order valence-electron chi connectivity index (χ3n) is 7.14. The summed E-state index contributed by atoms with van der Waals surface area (Å²) >= 11 is 0. The summed E-state index contributed by atoms with van der Waals surface area (Å²) in [6.07, 6.45) is 2.21. The quantitative estimate of drug-likeness (QED) is 0.122. The van der Waals surface area contributed by atoms with E-state index >= 15 is 0 Å². The van der Waals surface area contributed by atoms with Crippen molar-refractivity contribution in [2.24, 2.45) is 0 Å². The van der Waals surface area contributed by atoms with E-state index in [-0.39, 0.29) is 5.92 Å². The number of ether oxygens (including phenoxy) is 5. The fourth-order valence-electron chi connectivity index (χ4n) is 4.90. The van der Waals surface area contributed by atoms with Crippen LogP contribution < -0.4 is 9.47 Å². The summed E-state index contributed by atoms with van der Waals surface area (Å²) in [6.45, 7) is 9.52. The average molecular weight is 565 g/mol. The van der Waals surface area contributed by atoms with E-state index in [0.717, 1.165) is 22.3 Å². The highest BCUT2D eigenvalue weighted by molar-refractivity contribution is 5.45. The topological polar surface area (TPSA) is 46.2 Å². The summed E-state index contributed by atoms with van der Waals surface area (Å²) in [5, 5.41) is 0. The summed E-state index contributed by atoms with van der Waals surface area (Å²) in [6, 6.07) is 36.1. The minimum atomic E-state index is -0.522. The van der Waals surface area contributed by atoms with E-state index in [0.29, 0.717) is 31.3 Å². The molecule has 218 valence electrons. The standard InChI is InChI=1S/C37H40O5/c1-5-32(31-22-23-34(38-3)35(24-31)39-4)36(41-26-29-18-12-8-13-19-29)37(42-27-30-20-14-9-15-21-30)33(6-2)40-25-28-16-10-7-11-17-28/h5-24,32-33,36-37H,1-2,25-27H2,3-4H3/t32-,33-,36+,37+/m0/s1. The predicted octanol–water partition coefficient (Wildman–Crippen LogP) is 7.92. The van der Waals surface area contributed by atoms with Crippen molar-refractivity contribution in [1.82, 2.24) is 0 Å². The molecule has 0 aliphatic carbocycles. The van der Waals surface area contributed by atoms with Crippen molar-refractivity contribution in [3.05, 3.63) is 157 Å². The Hall–Kier alpha value is -4.16. The first-order valence-corrected chi connectivity index (χ1v) is 14.1. The molecule has 0 aliphatic rings. The van der Waals surface area contributed by atoms with Gasteiger partial charge >= 0.3 is 0 Å². The van der Waals surface area contributed by atoms with Gasteiger partial charge in [-0.1, -0.05) is 109 Å². The molecule has 0 amide bonds. The Morgan fingerprint density at radius 3 is 1.48 bits per heavy atom. The van der Waals surface area contributed by atoms with Gasteiger partial charge in [-0.25, -0.2) is 0 Å². The lowest BCUT2D eigenvalue weighted by atomic mass is 9.87. The second-order valence-corrected chi connectivity index (χ2v) is 9.90. The minimum Gasteiger partial charge on any atom is -0.493 e. The first-order valence-electron chi connectivity index (χ1n) is 14.1. The Morgan fingerprint density at radius 2 is 1.02 bits per heavy atom. The van der Waals surface area contributed by atoms with Crippen LogP contribution in [0.15, 0.2) is 135 Å². The summed E-state index contributed by atoms with van der Waals surface area (Å²) in [4.78, 5) is 0. The zero-order chi connectivity index (χ0) is 29.6. The zero-order valence-corrected chi connectivity index (χ0v) is 24.4. The fourth-order valence-corrected chi connectivity index (χ4v) is 4.90. The SMILES string of the molecule is C=C[C@H](OCc1ccccc1)[C@@H](OCc1ccccc1)[C@H](OCc1ccccc1)[C@@H](C=C)c1ccc(OC)c(OC)c1. The van der Waals surface area contributed by atoms with E-state index in [1.807, 2.05) is 115 Å². The first-order chi connectivity index (χ1) is 20.7. The third kappa shape index (κ3) is 8.43. The van der Waals surface area contributed by atoms with Gasteiger partial charge in [-0.2, -0.15) is 0 Å². The van der Waals surface area contributed by atoms with Crippen molar-refractivity contribution in [3.63, 3.8) is 0 Å². The molecule has 4 aromatic rings. The molecule has 4 atom stereocenters. The van der Waals surface area contributed by atoms with Crippen molar-refractivity contribution in [2.45, 2.75) is 44.1 Å². The summed E-state index contributed by atoms with van der Waals surface area (Å²) in [7, 11) is 3.26. The number of rotatable bonds is 17. The van der Waals surface area contributed by atoms with Crippen LogP contribution in [0.4, 0.5) is 0 Å². The number of methoxy groups -OCH3 is 2. The van der Waals surface area contributed by atoms with Gasteiger partial charge in [0.1, 0.15) is 12.2 Å². The molecule has 42 heavy (non-hydrogen) atoms. The summed E-state index contributed by atoms with van der Waals surface area (Å²) in [5.74, 6) is 1.01. The molecule has 0 heterocycles. The third-order valence-corrected chi connectivity index (χ3v) is 7.14. The maximum atomic E-state index is 6.76. The zero-order valence-electron chi connectivity index (χ0n) is 24.4. The van der Waals surface area contributed by atoms with E-state index in [1.54, 1.807) is 20.3 Å². The largest absolute Gasteiger partial charge is 0.493 e. The molecular weight excluding hydrogens is 524 g/mol. The molecule has 0 radical (unpaired) electrons. The first kappa shape index (κ1) is 30.8. The van der Waals surface area contributed by atoms with Crippen LogP contribution in [0.3, 0.4) is 0 Å². The normalized spacial score (nSPS) is 13.9. The Bertz CT molecular complexity index is 1360. The molecule has 0 aromatic heterocycles. The second-order valence-electron chi connectivity index (χ2n) is 9.90. The Morgan fingerprint density at radius 1 is 0.548 bits per heavy atom. The van der Waals surface area contributed by atoms with Gasteiger partial charge in [0.25, 0.3) is 0 Å². The summed E-state index contributed by atoms with van der Waals surface area (Å²) < 4.78 is 31.1. The lowest BCUT2D eigenvalue weighted by Gasteiger charge is -2.36. The molecule has 0 bridgehead atoms. The molecule has 0 saturated heterocycles. The second kappa shape index (κ2) is 16.3. The fraction of sp³-hybridized carbons (Fsp3) is 0.243. The van der Waals surface area contributed by atoms with Gasteiger partial charge in [0.15, 0.2) is 11.5 Å². The lowest BCUT2D eigenvalue weighted by Crippen LogP contribution is -2.44.